The van der Waals surface area contributed by atoms with Gasteiger partial charge in [-0.25, -0.2) is 13.5 Å². The van der Waals surface area contributed by atoms with Crippen molar-refractivity contribution in [3.63, 3.8) is 0 Å². The summed E-state index contributed by atoms with van der Waals surface area (Å²) in [5.41, 5.74) is 2.76. The summed E-state index contributed by atoms with van der Waals surface area (Å²) in [6.07, 6.45) is 3.50. The quantitative estimate of drug-likeness (QED) is 0.647. The fourth-order valence-corrected chi connectivity index (χ4v) is 3.46. The van der Waals surface area contributed by atoms with Crippen molar-refractivity contribution in [2.75, 3.05) is 30.3 Å². The van der Waals surface area contributed by atoms with Gasteiger partial charge in [-0.05, 0) is 55.7 Å². The lowest BCUT2D eigenvalue weighted by atomic mass is 10.2. The van der Waals surface area contributed by atoms with Gasteiger partial charge in [-0.3, -0.25) is 4.79 Å². The number of aromatic nitrogens is 3. The van der Waals surface area contributed by atoms with Crippen molar-refractivity contribution < 1.29 is 13.6 Å². The molecule has 4 rings (SSSR count). The molecule has 2 N–H and O–H groups in total. The van der Waals surface area contributed by atoms with Gasteiger partial charge in [0.2, 0.25) is 11.9 Å². The Bertz CT molecular complexity index is 1040. The summed E-state index contributed by atoms with van der Waals surface area (Å²) in [5.74, 6) is -1.00. The predicted molar refractivity (Wildman–Crippen MR) is 110 cm³/mol. The maximum atomic E-state index is 13.4. The summed E-state index contributed by atoms with van der Waals surface area (Å²) in [4.78, 5) is 18.3. The number of rotatable bonds is 6. The normalized spacial score (nSPS) is 13.5. The first-order chi connectivity index (χ1) is 14.5. The molecule has 2 heterocycles. The number of likely N-dealkylation sites (tertiary alicyclic amines) is 1. The Kier molecular flexibility index (Phi) is 5.60. The number of benzene rings is 2. The standard InChI is InChI=1S/C21H22F2N6O/c1-14-6-17(24-12-20(30)28-4-2-3-5-28)11-18(7-14)26-21-25-13-29(27-21)19-9-15(22)8-16(23)10-19/h6-11,13,24H,2-5,12H2,1H3,(H,26,27). The van der Waals surface area contributed by atoms with Crippen LogP contribution in [0.3, 0.4) is 0 Å². The van der Waals surface area contributed by atoms with Gasteiger partial charge >= 0.3 is 0 Å². The topological polar surface area (TPSA) is 75.1 Å². The van der Waals surface area contributed by atoms with Crippen LogP contribution in [-0.4, -0.2) is 45.2 Å². The number of hydrogen-bond acceptors (Lipinski definition) is 5. The van der Waals surface area contributed by atoms with Crippen molar-refractivity contribution in [1.29, 1.82) is 0 Å². The molecule has 9 heteroatoms. The average Bonchev–Trinajstić information content (AvgIpc) is 3.37. The van der Waals surface area contributed by atoms with E-state index in [0.717, 1.165) is 48.9 Å². The summed E-state index contributed by atoms with van der Waals surface area (Å²) >= 11 is 0. The van der Waals surface area contributed by atoms with Gasteiger partial charge in [0.1, 0.15) is 18.0 Å². The minimum absolute atomic E-state index is 0.0891. The number of nitrogens with zero attached hydrogens (tertiary/aromatic N) is 4. The lowest BCUT2D eigenvalue weighted by Crippen LogP contribution is -2.32. The number of carbonyl (C=O) groups excluding carboxylic acids is 1. The number of aryl methyl sites for hydroxylation is 1. The molecule has 0 radical (unpaired) electrons. The molecule has 30 heavy (non-hydrogen) atoms. The fourth-order valence-electron chi connectivity index (χ4n) is 3.46. The van der Waals surface area contributed by atoms with Crippen LogP contribution in [0, 0.1) is 18.6 Å². The SMILES string of the molecule is Cc1cc(NCC(=O)N2CCCC2)cc(Nc2ncn(-c3cc(F)cc(F)c3)n2)c1. The van der Waals surface area contributed by atoms with E-state index in [4.69, 9.17) is 0 Å². The third-order valence-electron chi connectivity index (χ3n) is 4.84. The number of hydrogen-bond donors (Lipinski definition) is 2. The minimum Gasteiger partial charge on any atom is -0.376 e. The van der Waals surface area contributed by atoms with E-state index < -0.39 is 11.6 Å². The second-order valence-electron chi connectivity index (χ2n) is 7.29. The molecule has 1 aromatic heterocycles. The van der Waals surface area contributed by atoms with Gasteiger partial charge in [-0.1, -0.05) is 0 Å². The van der Waals surface area contributed by atoms with Crippen LogP contribution in [0.4, 0.5) is 26.1 Å². The van der Waals surface area contributed by atoms with E-state index in [9.17, 15) is 13.6 Å². The molecule has 0 saturated carbocycles. The van der Waals surface area contributed by atoms with E-state index in [0.29, 0.717) is 0 Å². The van der Waals surface area contributed by atoms with Gasteiger partial charge in [0, 0.05) is 30.5 Å². The average molecular weight is 412 g/mol. The zero-order valence-corrected chi connectivity index (χ0v) is 16.5. The number of nitrogens with one attached hydrogen (secondary N) is 2. The fraction of sp³-hybridized carbons (Fsp3) is 0.286. The van der Waals surface area contributed by atoms with Gasteiger partial charge in [-0.15, -0.1) is 5.10 Å². The van der Waals surface area contributed by atoms with E-state index in [1.165, 1.54) is 23.1 Å². The molecule has 7 nitrogen and oxygen atoms in total. The zero-order chi connectivity index (χ0) is 21.1. The second kappa shape index (κ2) is 8.48. The van der Waals surface area contributed by atoms with Crippen LogP contribution in [0.15, 0.2) is 42.7 Å². The number of carbonyl (C=O) groups is 1. The molecule has 0 spiro atoms. The number of halogens is 2. The van der Waals surface area contributed by atoms with Crippen molar-refractivity contribution in [2.45, 2.75) is 19.8 Å². The largest absolute Gasteiger partial charge is 0.376 e. The maximum absolute atomic E-state index is 13.4. The molecule has 1 saturated heterocycles. The van der Waals surface area contributed by atoms with Crippen molar-refractivity contribution in [3.8, 4) is 5.69 Å². The van der Waals surface area contributed by atoms with E-state index in [-0.39, 0.29) is 24.1 Å². The Morgan fingerprint density at radius 3 is 2.47 bits per heavy atom. The molecular formula is C21H22F2N6O. The third-order valence-corrected chi connectivity index (χ3v) is 4.84. The Labute approximate surface area is 172 Å². The minimum atomic E-state index is -0.687. The van der Waals surface area contributed by atoms with Crippen LogP contribution in [0.2, 0.25) is 0 Å². The van der Waals surface area contributed by atoms with Crippen LogP contribution >= 0.6 is 0 Å². The molecule has 1 fully saturated rings. The molecule has 156 valence electrons. The lowest BCUT2D eigenvalue weighted by Gasteiger charge is -2.16. The monoisotopic (exact) mass is 412 g/mol. The maximum Gasteiger partial charge on any atom is 0.246 e. The third kappa shape index (κ3) is 4.73. The predicted octanol–water partition coefficient (Wildman–Crippen LogP) is 3.63. The Hall–Kier alpha value is -3.49. The molecule has 0 bridgehead atoms. The van der Waals surface area contributed by atoms with Crippen LogP contribution in [0.1, 0.15) is 18.4 Å². The van der Waals surface area contributed by atoms with E-state index in [1.807, 2.05) is 30.0 Å². The van der Waals surface area contributed by atoms with Gasteiger partial charge in [0.15, 0.2) is 0 Å². The van der Waals surface area contributed by atoms with Gasteiger partial charge in [-0.2, -0.15) is 4.98 Å². The van der Waals surface area contributed by atoms with Crippen LogP contribution in [0.5, 0.6) is 0 Å². The summed E-state index contributed by atoms with van der Waals surface area (Å²) in [6.45, 7) is 3.83. The van der Waals surface area contributed by atoms with Gasteiger partial charge in [0.25, 0.3) is 0 Å². The van der Waals surface area contributed by atoms with Crippen molar-refractivity contribution in [3.05, 3.63) is 59.9 Å². The first kappa shape index (κ1) is 19.8. The molecule has 2 aromatic carbocycles. The zero-order valence-electron chi connectivity index (χ0n) is 16.5. The van der Waals surface area contributed by atoms with E-state index in [2.05, 4.69) is 20.7 Å². The number of amides is 1. The highest BCUT2D eigenvalue weighted by Crippen LogP contribution is 2.22. The molecule has 1 aliphatic heterocycles. The molecule has 0 atom stereocenters. The molecule has 0 aliphatic carbocycles. The smallest absolute Gasteiger partial charge is 0.246 e. The molecule has 3 aromatic rings. The van der Waals surface area contributed by atoms with E-state index >= 15 is 0 Å². The second-order valence-corrected chi connectivity index (χ2v) is 7.29. The Morgan fingerprint density at radius 2 is 1.73 bits per heavy atom. The van der Waals surface area contributed by atoms with Crippen LogP contribution in [-0.2, 0) is 4.79 Å². The number of anilines is 3. The first-order valence-electron chi connectivity index (χ1n) is 9.75. The summed E-state index contributed by atoms with van der Waals surface area (Å²) in [5, 5.41) is 10.5. The van der Waals surface area contributed by atoms with Crippen LogP contribution in [0.25, 0.3) is 5.69 Å². The van der Waals surface area contributed by atoms with E-state index in [1.54, 1.807) is 0 Å². The summed E-state index contributed by atoms with van der Waals surface area (Å²) < 4.78 is 28.2. The lowest BCUT2D eigenvalue weighted by molar-refractivity contribution is -0.128. The Morgan fingerprint density at radius 1 is 1.03 bits per heavy atom. The van der Waals surface area contributed by atoms with Crippen molar-refractivity contribution in [1.82, 2.24) is 19.7 Å². The Balaban J connectivity index is 1.44. The highest BCUT2D eigenvalue weighted by atomic mass is 19.1. The van der Waals surface area contributed by atoms with Crippen LogP contribution < -0.4 is 10.6 Å². The van der Waals surface area contributed by atoms with Gasteiger partial charge < -0.3 is 15.5 Å². The first-order valence-corrected chi connectivity index (χ1v) is 9.75. The molecule has 1 amide bonds. The molecule has 1 aliphatic rings. The summed E-state index contributed by atoms with van der Waals surface area (Å²) in [6, 6.07) is 8.86. The highest BCUT2D eigenvalue weighted by molar-refractivity contribution is 5.81. The summed E-state index contributed by atoms with van der Waals surface area (Å²) in [7, 11) is 0. The molecular weight excluding hydrogens is 390 g/mol. The van der Waals surface area contributed by atoms with Crippen molar-refractivity contribution >= 4 is 23.2 Å². The van der Waals surface area contributed by atoms with Gasteiger partial charge in [0.05, 0.1) is 12.2 Å². The molecule has 0 unspecified atom stereocenters. The van der Waals surface area contributed by atoms with Crippen molar-refractivity contribution in [2.24, 2.45) is 0 Å². The highest BCUT2D eigenvalue weighted by Gasteiger charge is 2.17.